The van der Waals surface area contributed by atoms with E-state index in [9.17, 15) is 0 Å². The summed E-state index contributed by atoms with van der Waals surface area (Å²) >= 11 is 1.77. The van der Waals surface area contributed by atoms with Crippen LogP contribution in [0.1, 0.15) is 43.3 Å². The summed E-state index contributed by atoms with van der Waals surface area (Å²) in [5.74, 6) is 0.949. The van der Waals surface area contributed by atoms with Crippen LogP contribution >= 0.6 is 11.3 Å². The Balaban J connectivity index is 1.84. The number of hydrogen-bond donors (Lipinski definition) is 1. The van der Waals surface area contributed by atoms with Gasteiger partial charge in [-0.25, -0.2) is 4.98 Å². The first-order chi connectivity index (χ1) is 8.81. The molecule has 1 fully saturated rings. The van der Waals surface area contributed by atoms with Crippen LogP contribution < -0.4 is 5.32 Å². The van der Waals surface area contributed by atoms with E-state index >= 15 is 0 Å². The van der Waals surface area contributed by atoms with Crippen molar-refractivity contribution in [3.05, 3.63) is 16.1 Å². The second kappa shape index (κ2) is 7.22. The number of thiazole rings is 1. The highest BCUT2D eigenvalue weighted by molar-refractivity contribution is 7.09. The van der Waals surface area contributed by atoms with E-state index in [-0.39, 0.29) is 0 Å². The van der Waals surface area contributed by atoms with Gasteiger partial charge in [-0.1, -0.05) is 13.3 Å². The molecule has 2 heterocycles. The Kier molecular flexibility index (Phi) is 5.60. The Hall–Kier alpha value is -0.450. The summed E-state index contributed by atoms with van der Waals surface area (Å²) in [4.78, 5) is 7.26. The average Bonchev–Trinajstić information content (AvgIpc) is 2.68. The fourth-order valence-electron chi connectivity index (χ4n) is 2.67. The van der Waals surface area contributed by atoms with Gasteiger partial charge in [0.05, 0.1) is 5.69 Å². The van der Waals surface area contributed by atoms with Crippen LogP contribution in [-0.2, 0) is 13.1 Å². The molecule has 1 N–H and O–H groups in total. The molecule has 1 unspecified atom stereocenters. The third kappa shape index (κ3) is 4.04. The van der Waals surface area contributed by atoms with E-state index in [4.69, 9.17) is 0 Å². The van der Waals surface area contributed by atoms with Crippen LogP contribution in [0.5, 0.6) is 0 Å². The average molecular weight is 267 g/mol. The van der Waals surface area contributed by atoms with E-state index in [1.54, 1.807) is 11.3 Å². The first-order valence-corrected chi connectivity index (χ1v) is 8.00. The van der Waals surface area contributed by atoms with Gasteiger partial charge in [-0.2, -0.15) is 0 Å². The first kappa shape index (κ1) is 14.0. The van der Waals surface area contributed by atoms with Crippen molar-refractivity contribution in [3.63, 3.8) is 0 Å². The second-order valence-corrected chi connectivity index (χ2v) is 6.19. The lowest BCUT2D eigenvalue weighted by Gasteiger charge is -2.18. The zero-order valence-electron chi connectivity index (χ0n) is 11.6. The number of aromatic nitrogens is 1. The maximum atomic E-state index is 4.68. The van der Waals surface area contributed by atoms with Gasteiger partial charge in [-0.3, -0.25) is 4.90 Å². The van der Waals surface area contributed by atoms with Gasteiger partial charge in [-0.05, 0) is 45.3 Å². The monoisotopic (exact) mass is 267 g/mol. The molecule has 102 valence electrons. The molecule has 4 heteroatoms. The molecule has 1 aliphatic rings. The van der Waals surface area contributed by atoms with Gasteiger partial charge in [0, 0.05) is 18.5 Å². The minimum Gasteiger partial charge on any atom is -0.314 e. The van der Waals surface area contributed by atoms with Gasteiger partial charge >= 0.3 is 0 Å². The van der Waals surface area contributed by atoms with Crippen molar-refractivity contribution in [2.45, 2.75) is 45.7 Å². The zero-order chi connectivity index (χ0) is 12.8. The topological polar surface area (TPSA) is 28.2 Å². The van der Waals surface area contributed by atoms with Crippen LogP contribution in [0.25, 0.3) is 0 Å². The van der Waals surface area contributed by atoms with Crippen molar-refractivity contribution in [2.75, 3.05) is 20.1 Å². The maximum Gasteiger partial charge on any atom is 0.107 e. The highest BCUT2D eigenvalue weighted by Gasteiger charge is 2.16. The molecule has 2 rings (SSSR count). The van der Waals surface area contributed by atoms with E-state index in [1.165, 1.54) is 49.5 Å². The third-order valence-electron chi connectivity index (χ3n) is 3.83. The van der Waals surface area contributed by atoms with E-state index in [0.717, 1.165) is 19.0 Å². The van der Waals surface area contributed by atoms with Crippen LogP contribution in [0.15, 0.2) is 5.38 Å². The third-order valence-corrected chi connectivity index (χ3v) is 4.73. The second-order valence-electron chi connectivity index (χ2n) is 5.24. The van der Waals surface area contributed by atoms with Crippen molar-refractivity contribution < 1.29 is 0 Å². The number of hydrogen-bond acceptors (Lipinski definition) is 4. The number of nitrogens with one attached hydrogen (secondary N) is 1. The van der Waals surface area contributed by atoms with Crippen molar-refractivity contribution in [3.8, 4) is 0 Å². The summed E-state index contributed by atoms with van der Waals surface area (Å²) in [6.45, 7) is 6.75. The van der Waals surface area contributed by atoms with Crippen molar-refractivity contribution >= 4 is 11.3 Å². The van der Waals surface area contributed by atoms with E-state index < -0.39 is 0 Å². The Bertz CT molecular complexity index is 351. The Morgan fingerprint density at radius 1 is 1.44 bits per heavy atom. The first-order valence-electron chi connectivity index (χ1n) is 7.12. The SMILES string of the molecule is CCC1CCCN(Cc2csc(CNC)n2)CC1. The fraction of sp³-hybridized carbons (Fsp3) is 0.786. The molecule has 18 heavy (non-hydrogen) atoms. The van der Waals surface area contributed by atoms with Crippen LogP contribution in [0.3, 0.4) is 0 Å². The molecule has 0 saturated carbocycles. The van der Waals surface area contributed by atoms with Crippen molar-refractivity contribution in [1.82, 2.24) is 15.2 Å². The molecule has 3 nitrogen and oxygen atoms in total. The predicted molar refractivity (Wildman–Crippen MR) is 77.8 cm³/mol. The summed E-state index contributed by atoms with van der Waals surface area (Å²) in [5.41, 5.74) is 1.25. The molecular formula is C14H25N3S. The van der Waals surface area contributed by atoms with Gasteiger partial charge < -0.3 is 5.32 Å². The number of rotatable bonds is 5. The molecule has 1 aliphatic heterocycles. The molecule has 0 spiro atoms. The summed E-state index contributed by atoms with van der Waals surface area (Å²) in [6.07, 6.45) is 5.47. The van der Waals surface area contributed by atoms with Gasteiger partial charge in [0.2, 0.25) is 0 Å². The molecule has 0 amide bonds. The van der Waals surface area contributed by atoms with E-state index in [2.05, 4.69) is 27.5 Å². The van der Waals surface area contributed by atoms with Crippen LogP contribution in [0.4, 0.5) is 0 Å². The zero-order valence-corrected chi connectivity index (χ0v) is 12.4. The van der Waals surface area contributed by atoms with Crippen LogP contribution in [-0.4, -0.2) is 30.0 Å². The highest BCUT2D eigenvalue weighted by Crippen LogP contribution is 2.21. The molecule has 0 bridgehead atoms. The fourth-order valence-corrected chi connectivity index (χ4v) is 3.47. The molecule has 0 radical (unpaired) electrons. The Morgan fingerprint density at radius 3 is 3.11 bits per heavy atom. The Labute approximate surface area is 115 Å². The molecule has 1 aromatic rings. The van der Waals surface area contributed by atoms with E-state index in [1.807, 2.05) is 7.05 Å². The molecule has 1 atom stereocenters. The molecule has 1 aromatic heterocycles. The standard InChI is InChI=1S/C14H25N3S/c1-3-12-5-4-7-17(8-6-12)10-13-11-18-14(16-13)9-15-2/h11-12,15H,3-10H2,1-2H3. The normalized spacial score (nSPS) is 22.0. The van der Waals surface area contributed by atoms with Gasteiger partial charge in [0.1, 0.15) is 5.01 Å². The summed E-state index contributed by atoms with van der Waals surface area (Å²) < 4.78 is 0. The molecule has 1 saturated heterocycles. The van der Waals surface area contributed by atoms with Crippen molar-refractivity contribution in [1.29, 1.82) is 0 Å². The smallest absolute Gasteiger partial charge is 0.107 e. The molecular weight excluding hydrogens is 242 g/mol. The minimum atomic E-state index is 0.891. The van der Waals surface area contributed by atoms with Gasteiger partial charge in [0.25, 0.3) is 0 Å². The highest BCUT2D eigenvalue weighted by atomic mass is 32.1. The lowest BCUT2D eigenvalue weighted by atomic mass is 9.98. The number of likely N-dealkylation sites (tertiary alicyclic amines) is 1. The quantitative estimate of drug-likeness (QED) is 0.889. The summed E-state index contributed by atoms with van der Waals surface area (Å²) in [5, 5.41) is 6.58. The Morgan fingerprint density at radius 2 is 2.33 bits per heavy atom. The maximum absolute atomic E-state index is 4.68. The minimum absolute atomic E-state index is 0.891. The largest absolute Gasteiger partial charge is 0.314 e. The lowest BCUT2D eigenvalue weighted by molar-refractivity contribution is 0.269. The summed E-state index contributed by atoms with van der Waals surface area (Å²) in [7, 11) is 1.97. The van der Waals surface area contributed by atoms with E-state index in [0.29, 0.717) is 0 Å². The van der Waals surface area contributed by atoms with Gasteiger partial charge in [0.15, 0.2) is 0 Å². The summed E-state index contributed by atoms with van der Waals surface area (Å²) in [6, 6.07) is 0. The van der Waals surface area contributed by atoms with Crippen LogP contribution in [0.2, 0.25) is 0 Å². The molecule has 0 aromatic carbocycles. The lowest BCUT2D eigenvalue weighted by Crippen LogP contribution is -2.24. The van der Waals surface area contributed by atoms with Crippen LogP contribution in [0, 0.1) is 5.92 Å². The predicted octanol–water partition coefficient (Wildman–Crippen LogP) is 2.87. The van der Waals surface area contributed by atoms with Gasteiger partial charge in [-0.15, -0.1) is 11.3 Å². The number of nitrogens with zero attached hydrogens (tertiary/aromatic N) is 2. The molecule has 0 aliphatic carbocycles. The van der Waals surface area contributed by atoms with Crippen molar-refractivity contribution in [2.24, 2.45) is 5.92 Å².